The molecule has 3 aromatic rings. The van der Waals surface area contributed by atoms with Gasteiger partial charge >= 0.3 is 0 Å². The molecule has 0 unspecified atom stereocenters. The van der Waals surface area contributed by atoms with E-state index in [0.29, 0.717) is 15.7 Å². The maximum Gasteiger partial charge on any atom is 0.256 e. The summed E-state index contributed by atoms with van der Waals surface area (Å²) in [6, 6.07) is 17.4. The van der Waals surface area contributed by atoms with Crippen molar-refractivity contribution in [2.24, 2.45) is 0 Å². The van der Waals surface area contributed by atoms with Gasteiger partial charge in [0.25, 0.3) is 5.91 Å². The molecule has 0 aliphatic carbocycles. The number of carbonyl (C=O) groups is 1. The van der Waals surface area contributed by atoms with E-state index in [1.165, 1.54) is 18.2 Å². The molecule has 0 radical (unpaired) electrons. The first-order chi connectivity index (χ1) is 10.1. The van der Waals surface area contributed by atoms with Crippen molar-refractivity contribution in [3.8, 4) is 0 Å². The third-order valence-corrected chi connectivity index (χ3v) is 3.87. The molecule has 0 bridgehead atoms. The van der Waals surface area contributed by atoms with Gasteiger partial charge < -0.3 is 5.32 Å². The standard InChI is InChI=1S/C17H11BrFNO/c18-15-10-12(19)8-9-16(15)20-17(21)14-7-3-5-11-4-1-2-6-13(11)14/h1-10H,(H,20,21). The molecular weight excluding hydrogens is 333 g/mol. The third kappa shape index (κ3) is 2.81. The summed E-state index contributed by atoms with van der Waals surface area (Å²) in [5, 5.41) is 4.68. The van der Waals surface area contributed by atoms with Gasteiger partial charge in [-0.15, -0.1) is 0 Å². The highest BCUT2D eigenvalue weighted by molar-refractivity contribution is 9.10. The van der Waals surface area contributed by atoms with Crippen molar-refractivity contribution >= 4 is 38.3 Å². The van der Waals surface area contributed by atoms with Crippen LogP contribution >= 0.6 is 15.9 Å². The Bertz CT molecular complexity index is 827. The monoisotopic (exact) mass is 343 g/mol. The summed E-state index contributed by atoms with van der Waals surface area (Å²) < 4.78 is 13.6. The molecule has 2 nitrogen and oxygen atoms in total. The maximum atomic E-state index is 13.1. The molecule has 1 amide bonds. The van der Waals surface area contributed by atoms with Gasteiger partial charge in [-0.3, -0.25) is 4.79 Å². The molecule has 0 saturated carbocycles. The fourth-order valence-corrected chi connectivity index (χ4v) is 2.65. The molecule has 0 aliphatic heterocycles. The van der Waals surface area contributed by atoms with Gasteiger partial charge in [0, 0.05) is 10.0 Å². The van der Waals surface area contributed by atoms with Crippen LogP contribution in [0.3, 0.4) is 0 Å². The lowest BCUT2D eigenvalue weighted by atomic mass is 10.0. The maximum absolute atomic E-state index is 13.1. The van der Waals surface area contributed by atoms with E-state index in [1.54, 1.807) is 6.07 Å². The Hall–Kier alpha value is -2.20. The van der Waals surface area contributed by atoms with Gasteiger partial charge in [0.15, 0.2) is 0 Å². The molecule has 21 heavy (non-hydrogen) atoms. The van der Waals surface area contributed by atoms with Gasteiger partial charge in [0.1, 0.15) is 5.82 Å². The van der Waals surface area contributed by atoms with Gasteiger partial charge in [-0.05, 0) is 51.0 Å². The van der Waals surface area contributed by atoms with E-state index in [4.69, 9.17) is 0 Å². The summed E-state index contributed by atoms with van der Waals surface area (Å²) in [7, 11) is 0. The van der Waals surface area contributed by atoms with Gasteiger partial charge in [-0.2, -0.15) is 0 Å². The molecule has 104 valence electrons. The minimum absolute atomic E-state index is 0.223. The Morgan fingerprint density at radius 3 is 2.57 bits per heavy atom. The largest absolute Gasteiger partial charge is 0.321 e. The fraction of sp³-hybridized carbons (Fsp3) is 0. The number of halogens is 2. The van der Waals surface area contributed by atoms with Crippen LogP contribution in [0.25, 0.3) is 10.8 Å². The summed E-state index contributed by atoms with van der Waals surface area (Å²) in [6.07, 6.45) is 0. The van der Waals surface area contributed by atoms with Gasteiger partial charge in [-0.25, -0.2) is 4.39 Å². The Kier molecular flexibility index (Phi) is 3.71. The van der Waals surface area contributed by atoms with Gasteiger partial charge in [0.05, 0.1) is 5.69 Å². The molecule has 3 rings (SSSR count). The third-order valence-electron chi connectivity index (χ3n) is 3.21. The molecule has 0 aliphatic rings. The zero-order chi connectivity index (χ0) is 14.8. The highest BCUT2D eigenvalue weighted by Crippen LogP contribution is 2.25. The van der Waals surface area contributed by atoms with Crippen LogP contribution in [0, 0.1) is 5.82 Å². The number of rotatable bonds is 2. The first-order valence-corrected chi connectivity index (χ1v) is 7.18. The predicted molar refractivity (Wildman–Crippen MR) is 86.0 cm³/mol. The average molecular weight is 344 g/mol. The second-order valence-electron chi connectivity index (χ2n) is 4.61. The van der Waals surface area contributed by atoms with Crippen LogP contribution in [-0.2, 0) is 0 Å². The Balaban J connectivity index is 1.97. The predicted octanol–water partition coefficient (Wildman–Crippen LogP) is 4.99. The van der Waals surface area contributed by atoms with Gasteiger partial charge in [-0.1, -0.05) is 36.4 Å². The highest BCUT2D eigenvalue weighted by Gasteiger charge is 2.11. The van der Waals surface area contributed by atoms with Crippen LogP contribution in [0.5, 0.6) is 0 Å². The van der Waals surface area contributed by atoms with Crippen LogP contribution < -0.4 is 5.32 Å². The molecular formula is C17H11BrFNO. The lowest BCUT2D eigenvalue weighted by Crippen LogP contribution is -2.12. The Morgan fingerprint density at radius 2 is 1.76 bits per heavy atom. The molecule has 0 atom stereocenters. The molecule has 3 aromatic carbocycles. The average Bonchev–Trinajstić information content (AvgIpc) is 2.49. The number of amides is 1. The molecule has 0 spiro atoms. The molecule has 0 saturated heterocycles. The number of anilines is 1. The molecule has 0 fully saturated rings. The van der Waals surface area contributed by atoms with Crippen molar-refractivity contribution in [1.29, 1.82) is 0 Å². The SMILES string of the molecule is O=C(Nc1ccc(F)cc1Br)c1cccc2ccccc12. The highest BCUT2D eigenvalue weighted by atomic mass is 79.9. The van der Waals surface area contributed by atoms with Crippen molar-refractivity contribution in [1.82, 2.24) is 0 Å². The van der Waals surface area contributed by atoms with Crippen LogP contribution in [-0.4, -0.2) is 5.91 Å². The topological polar surface area (TPSA) is 29.1 Å². The van der Waals surface area contributed by atoms with E-state index in [9.17, 15) is 9.18 Å². The van der Waals surface area contributed by atoms with Crippen molar-refractivity contribution < 1.29 is 9.18 Å². The van der Waals surface area contributed by atoms with Crippen molar-refractivity contribution in [3.05, 3.63) is 76.5 Å². The minimum atomic E-state index is -0.356. The summed E-state index contributed by atoms with van der Waals surface area (Å²) in [5.74, 6) is -0.579. The molecule has 1 N–H and O–H groups in total. The lowest BCUT2D eigenvalue weighted by Gasteiger charge is -2.09. The number of hydrogen-bond acceptors (Lipinski definition) is 1. The van der Waals surface area contributed by atoms with E-state index < -0.39 is 0 Å². The normalized spacial score (nSPS) is 10.6. The zero-order valence-corrected chi connectivity index (χ0v) is 12.5. The van der Waals surface area contributed by atoms with Crippen LogP contribution in [0.4, 0.5) is 10.1 Å². The Labute approximate surface area is 129 Å². The smallest absolute Gasteiger partial charge is 0.256 e. The minimum Gasteiger partial charge on any atom is -0.321 e. The van der Waals surface area contributed by atoms with Crippen molar-refractivity contribution in [3.63, 3.8) is 0 Å². The number of fused-ring (bicyclic) bond motifs is 1. The van der Waals surface area contributed by atoms with E-state index in [-0.39, 0.29) is 11.7 Å². The molecule has 0 heterocycles. The van der Waals surface area contributed by atoms with E-state index in [0.717, 1.165) is 10.8 Å². The number of hydrogen-bond donors (Lipinski definition) is 1. The molecule has 0 aromatic heterocycles. The van der Waals surface area contributed by atoms with Crippen molar-refractivity contribution in [2.45, 2.75) is 0 Å². The number of nitrogens with one attached hydrogen (secondary N) is 1. The summed E-state index contributed by atoms with van der Waals surface area (Å²) in [6.45, 7) is 0. The number of benzene rings is 3. The summed E-state index contributed by atoms with van der Waals surface area (Å²) in [5.41, 5.74) is 1.12. The zero-order valence-electron chi connectivity index (χ0n) is 10.9. The second-order valence-corrected chi connectivity index (χ2v) is 5.46. The van der Waals surface area contributed by atoms with Crippen molar-refractivity contribution in [2.75, 3.05) is 5.32 Å². The first-order valence-electron chi connectivity index (χ1n) is 6.39. The van der Waals surface area contributed by atoms with E-state index in [2.05, 4.69) is 21.2 Å². The Morgan fingerprint density at radius 1 is 1.00 bits per heavy atom. The first kappa shape index (κ1) is 13.8. The number of carbonyl (C=O) groups excluding carboxylic acids is 1. The second kappa shape index (κ2) is 5.66. The van der Waals surface area contributed by atoms with Crippen LogP contribution in [0.2, 0.25) is 0 Å². The van der Waals surface area contributed by atoms with E-state index >= 15 is 0 Å². The lowest BCUT2D eigenvalue weighted by molar-refractivity contribution is 0.102. The van der Waals surface area contributed by atoms with Crippen LogP contribution in [0.1, 0.15) is 10.4 Å². The van der Waals surface area contributed by atoms with Gasteiger partial charge in [0.2, 0.25) is 0 Å². The quantitative estimate of drug-likeness (QED) is 0.697. The van der Waals surface area contributed by atoms with Crippen LogP contribution in [0.15, 0.2) is 65.1 Å². The molecule has 4 heteroatoms. The van der Waals surface area contributed by atoms with E-state index in [1.807, 2.05) is 36.4 Å². The fourth-order valence-electron chi connectivity index (χ4n) is 2.20. The summed E-state index contributed by atoms with van der Waals surface area (Å²) in [4.78, 5) is 12.4. The summed E-state index contributed by atoms with van der Waals surface area (Å²) >= 11 is 3.24.